The first-order valence-electron chi connectivity index (χ1n) is 5.74. The SMILES string of the molecule is CC(C)Cn1cc(CC=O)c(-c2cccs2)n1. The number of aldehydes is 1. The lowest BCUT2D eigenvalue weighted by Crippen LogP contribution is -2.04. The Morgan fingerprint density at radius 3 is 2.94 bits per heavy atom. The van der Waals surface area contributed by atoms with Gasteiger partial charge in [0, 0.05) is 24.7 Å². The maximum Gasteiger partial charge on any atom is 0.124 e. The molecule has 17 heavy (non-hydrogen) atoms. The highest BCUT2D eigenvalue weighted by atomic mass is 32.1. The monoisotopic (exact) mass is 248 g/mol. The minimum Gasteiger partial charge on any atom is -0.303 e. The van der Waals surface area contributed by atoms with E-state index in [1.165, 1.54) is 0 Å². The zero-order valence-corrected chi connectivity index (χ0v) is 10.9. The Kier molecular flexibility index (Phi) is 3.74. The molecule has 0 fully saturated rings. The van der Waals surface area contributed by atoms with Crippen molar-refractivity contribution in [2.75, 3.05) is 0 Å². The molecule has 0 N–H and O–H groups in total. The van der Waals surface area contributed by atoms with Crippen LogP contribution in [0, 0.1) is 5.92 Å². The molecule has 0 aliphatic carbocycles. The van der Waals surface area contributed by atoms with E-state index in [9.17, 15) is 4.79 Å². The molecule has 0 radical (unpaired) electrons. The molecule has 0 bridgehead atoms. The zero-order chi connectivity index (χ0) is 12.3. The average Bonchev–Trinajstić information content (AvgIpc) is 2.86. The predicted molar refractivity (Wildman–Crippen MR) is 70.1 cm³/mol. The number of hydrogen-bond donors (Lipinski definition) is 0. The van der Waals surface area contributed by atoms with Crippen molar-refractivity contribution < 1.29 is 4.79 Å². The van der Waals surface area contributed by atoms with E-state index < -0.39 is 0 Å². The lowest BCUT2D eigenvalue weighted by Gasteiger charge is -2.03. The normalized spacial score (nSPS) is 11.0. The third-order valence-electron chi connectivity index (χ3n) is 2.45. The summed E-state index contributed by atoms with van der Waals surface area (Å²) in [7, 11) is 0. The van der Waals surface area contributed by atoms with E-state index in [-0.39, 0.29) is 0 Å². The number of nitrogens with zero attached hydrogens (tertiary/aromatic N) is 2. The highest BCUT2D eigenvalue weighted by molar-refractivity contribution is 7.13. The molecule has 0 atom stereocenters. The molecule has 2 heterocycles. The van der Waals surface area contributed by atoms with Crippen molar-refractivity contribution in [1.82, 2.24) is 9.78 Å². The molecule has 2 aromatic rings. The van der Waals surface area contributed by atoms with E-state index in [2.05, 4.69) is 18.9 Å². The Morgan fingerprint density at radius 1 is 1.53 bits per heavy atom. The summed E-state index contributed by atoms with van der Waals surface area (Å²) in [6, 6.07) is 4.05. The number of carbonyl (C=O) groups is 1. The molecule has 0 aliphatic rings. The van der Waals surface area contributed by atoms with Crippen molar-refractivity contribution in [3.8, 4) is 10.6 Å². The van der Waals surface area contributed by atoms with Crippen LogP contribution in [0.4, 0.5) is 0 Å². The van der Waals surface area contributed by atoms with Crippen molar-refractivity contribution in [2.45, 2.75) is 26.8 Å². The second kappa shape index (κ2) is 5.27. The summed E-state index contributed by atoms with van der Waals surface area (Å²) < 4.78 is 1.94. The quantitative estimate of drug-likeness (QED) is 0.762. The highest BCUT2D eigenvalue weighted by Gasteiger charge is 2.12. The van der Waals surface area contributed by atoms with Gasteiger partial charge in [-0.25, -0.2) is 0 Å². The van der Waals surface area contributed by atoms with Crippen LogP contribution >= 0.6 is 11.3 Å². The fraction of sp³-hybridized carbons (Fsp3) is 0.385. The summed E-state index contributed by atoms with van der Waals surface area (Å²) in [5.74, 6) is 0.551. The van der Waals surface area contributed by atoms with Gasteiger partial charge in [-0.05, 0) is 17.4 Å². The van der Waals surface area contributed by atoms with Crippen LogP contribution in [0.2, 0.25) is 0 Å². The third kappa shape index (κ3) is 2.82. The molecule has 0 aromatic carbocycles. The Balaban J connectivity index is 2.35. The van der Waals surface area contributed by atoms with Gasteiger partial charge in [0.25, 0.3) is 0 Å². The number of carbonyl (C=O) groups excluding carboxylic acids is 1. The second-order valence-electron chi connectivity index (χ2n) is 4.47. The molecule has 0 spiro atoms. The lowest BCUT2D eigenvalue weighted by molar-refractivity contribution is -0.107. The largest absolute Gasteiger partial charge is 0.303 e. The Hall–Kier alpha value is -1.42. The molecule has 0 unspecified atom stereocenters. The van der Waals surface area contributed by atoms with Gasteiger partial charge in [-0.15, -0.1) is 11.3 Å². The molecule has 0 saturated carbocycles. The predicted octanol–water partition coefficient (Wildman–Crippen LogP) is 3.01. The van der Waals surface area contributed by atoms with Crippen molar-refractivity contribution in [3.63, 3.8) is 0 Å². The maximum absolute atomic E-state index is 10.7. The molecule has 2 rings (SSSR count). The smallest absolute Gasteiger partial charge is 0.124 e. The van der Waals surface area contributed by atoms with Crippen molar-refractivity contribution in [3.05, 3.63) is 29.3 Å². The molecular weight excluding hydrogens is 232 g/mol. The van der Waals surface area contributed by atoms with Gasteiger partial charge in [0.1, 0.15) is 12.0 Å². The van der Waals surface area contributed by atoms with E-state index in [4.69, 9.17) is 0 Å². The topological polar surface area (TPSA) is 34.9 Å². The average molecular weight is 248 g/mol. The van der Waals surface area contributed by atoms with Crippen molar-refractivity contribution in [2.24, 2.45) is 5.92 Å². The molecule has 90 valence electrons. The van der Waals surface area contributed by atoms with E-state index in [1.54, 1.807) is 11.3 Å². The first kappa shape index (κ1) is 12.0. The summed E-state index contributed by atoms with van der Waals surface area (Å²) in [5.41, 5.74) is 1.97. The van der Waals surface area contributed by atoms with Crippen molar-refractivity contribution in [1.29, 1.82) is 0 Å². The van der Waals surface area contributed by atoms with Crippen LogP contribution in [-0.2, 0) is 17.8 Å². The first-order chi connectivity index (χ1) is 8.20. The minimum absolute atomic E-state index is 0.436. The Morgan fingerprint density at radius 2 is 2.35 bits per heavy atom. The first-order valence-corrected chi connectivity index (χ1v) is 6.62. The summed E-state index contributed by atoms with van der Waals surface area (Å²) in [4.78, 5) is 11.8. The van der Waals surface area contributed by atoms with E-state index in [0.29, 0.717) is 12.3 Å². The third-order valence-corrected chi connectivity index (χ3v) is 3.32. The van der Waals surface area contributed by atoms with Crippen LogP contribution in [0.3, 0.4) is 0 Å². The molecule has 2 aromatic heterocycles. The minimum atomic E-state index is 0.436. The molecule has 0 saturated heterocycles. The molecular formula is C13H16N2OS. The molecule has 4 heteroatoms. The highest BCUT2D eigenvalue weighted by Crippen LogP contribution is 2.26. The van der Waals surface area contributed by atoms with Crippen LogP contribution in [-0.4, -0.2) is 16.1 Å². The van der Waals surface area contributed by atoms with Crippen molar-refractivity contribution >= 4 is 17.6 Å². The van der Waals surface area contributed by atoms with E-state index in [0.717, 1.165) is 29.0 Å². The number of rotatable bonds is 5. The Labute approximate surface area is 105 Å². The molecule has 3 nitrogen and oxygen atoms in total. The molecule has 0 aliphatic heterocycles. The maximum atomic E-state index is 10.7. The Bertz CT molecular complexity index is 485. The van der Waals surface area contributed by atoms with Crippen LogP contribution in [0.15, 0.2) is 23.7 Å². The number of aromatic nitrogens is 2. The van der Waals surface area contributed by atoms with Gasteiger partial charge in [-0.3, -0.25) is 4.68 Å². The van der Waals surface area contributed by atoms with Gasteiger partial charge in [-0.2, -0.15) is 5.10 Å². The van der Waals surface area contributed by atoms with Crippen LogP contribution in [0.5, 0.6) is 0 Å². The van der Waals surface area contributed by atoms with E-state index >= 15 is 0 Å². The van der Waals surface area contributed by atoms with Gasteiger partial charge >= 0.3 is 0 Å². The second-order valence-corrected chi connectivity index (χ2v) is 5.41. The van der Waals surface area contributed by atoms with E-state index in [1.807, 2.05) is 28.4 Å². The fourth-order valence-corrected chi connectivity index (χ4v) is 2.53. The van der Waals surface area contributed by atoms with Gasteiger partial charge in [0.2, 0.25) is 0 Å². The standard InChI is InChI=1S/C13H16N2OS/c1-10(2)8-15-9-11(5-6-16)13(14-15)12-4-3-7-17-12/h3-4,6-7,9-10H,5,8H2,1-2H3. The van der Waals surface area contributed by atoms with Crippen LogP contribution in [0.25, 0.3) is 10.6 Å². The summed E-state index contributed by atoms with van der Waals surface area (Å²) >= 11 is 1.66. The summed E-state index contributed by atoms with van der Waals surface area (Å²) in [6.45, 7) is 5.20. The van der Waals surface area contributed by atoms with Crippen LogP contribution in [0.1, 0.15) is 19.4 Å². The van der Waals surface area contributed by atoms with Gasteiger partial charge < -0.3 is 4.79 Å². The zero-order valence-electron chi connectivity index (χ0n) is 10.1. The lowest BCUT2D eigenvalue weighted by atomic mass is 10.2. The molecule has 0 amide bonds. The number of thiophene rings is 1. The van der Waals surface area contributed by atoms with Gasteiger partial charge in [0.15, 0.2) is 0 Å². The summed E-state index contributed by atoms with van der Waals surface area (Å²) in [6.07, 6.45) is 3.36. The fourth-order valence-electron chi connectivity index (χ4n) is 1.79. The van der Waals surface area contributed by atoms with Crippen LogP contribution < -0.4 is 0 Å². The van der Waals surface area contributed by atoms with Gasteiger partial charge in [-0.1, -0.05) is 19.9 Å². The van der Waals surface area contributed by atoms with Gasteiger partial charge in [0.05, 0.1) is 4.88 Å². The summed E-state index contributed by atoms with van der Waals surface area (Å²) in [5, 5.41) is 6.61. The number of hydrogen-bond acceptors (Lipinski definition) is 3.